The van der Waals surface area contributed by atoms with Crippen molar-refractivity contribution in [3.8, 4) is 0 Å². The van der Waals surface area contributed by atoms with E-state index in [0.29, 0.717) is 17.4 Å². The van der Waals surface area contributed by atoms with E-state index in [4.69, 9.17) is 16.7 Å². The number of aliphatic hydroxyl groups excluding tert-OH is 1. The molecule has 0 aliphatic rings. The maximum absolute atomic E-state index is 11.2. The van der Waals surface area contributed by atoms with Gasteiger partial charge in [-0.1, -0.05) is 23.7 Å². The molecule has 0 fully saturated rings. The van der Waals surface area contributed by atoms with Crippen LogP contribution in [0, 0.1) is 0 Å². The summed E-state index contributed by atoms with van der Waals surface area (Å²) < 4.78 is 1.92. The molecule has 0 aliphatic heterocycles. The second-order valence-corrected chi connectivity index (χ2v) is 5.28. The summed E-state index contributed by atoms with van der Waals surface area (Å²) in [5.41, 5.74) is 3.08. The molecule has 23 heavy (non-hydrogen) atoms. The van der Waals surface area contributed by atoms with E-state index in [1.54, 1.807) is 12.1 Å². The Hall–Kier alpha value is -2.57. The Morgan fingerprint density at radius 2 is 2.04 bits per heavy atom. The first-order chi connectivity index (χ1) is 11.2. The van der Waals surface area contributed by atoms with Crippen LogP contribution in [0.25, 0.3) is 5.65 Å². The monoisotopic (exact) mass is 330 g/mol. The van der Waals surface area contributed by atoms with Crippen LogP contribution in [-0.4, -0.2) is 27.0 Å². The van der Waals surface area contributed by atoms with E-state index in [1.807, 2.05) is 40.9 Å². The highest BCUT2D eigenvalue weighted by Gasteiger charge is 2.09. The van der Waals surface area contributed by atoms with Gasteiger partial charge in [-0.15, -0.1) is 0 Å². The summed E-state index contributed by atoms with van der Waals surface area (Å²) >= 11 is 6.20. The van der Waals surface area contributed by atoms with E-state index in [2.05, 4.69) is 15.6 Å². The molecule has 1 amide bonds. The Morgan fingerprint density at radius 1 is 1.22 bits per heavy atom. The minimum absolute atomic E-state index is 0.452. The lowest BCUT2D eigenvalue weighted by Gasteiger charge is -2.09. The average Bonchev–Trinajstić information content (AvgIpc) is 2.88. The van der Waals surface area contributed by atoms with Gasteiger partial charge in [-0.2, -0.15) is 0 Å². The van der Waals surface area contributed by atoms with Crippen molar-refractivity contribution in [1.29, 1.82) is 0 Å². The number of nitrogens with one attached hydrogen (secondary N) is 2. The molecule has 3 N–H and O–H groups in total. The highest BCUT2D eigenvalue weighted by molar-refractivity contribution is 6.30. The molecule has 118 valence electrons. The van der Waals surface area contributed by atoms with Gasteiger partial charge in [0.1, 0.15) is 12.3 Å². The summed E-state index contributed by atoms with van der Waals surface area (Å²) in [6.07, 6.45) is 1.91. The highest BCUT2D eigenvalue weighted by Crippen LogP contribution is 2.20. The van der Waals surface area contributed by atoms with Gasteiger partial charge in [0.05, 0.1) is 12.2 Å². The van der Waals surface area contributed by atoms with Gasteiger partial charge < -0.3 is 20.1 Å². The molecule has 3 rings (SSSR count). The van der Waals surface area contributed by atoms with Gasteiger partial charge in [-0.25, -0.2) is 4.98 Å². The minimum Gasteiger partial charge on any atom is -0.387 e. The van der Waals surface area contributed by atoms with E-state index in [9.17, 15) is 4.79 Å². The van der Waals surface area contributed by atoms with Crippen LogP contribution in [0.4, 0.5) is 11.4 Å². The molecule has 2 heterocycles. The normalized spacial score (nSPS) is 10.7. The molecule has 0 atom stereocenters. The van der Waals surface area contributed by atoms with Crippen LogP contribution in [0.5, 0.6) is 0 Å². The fourth-order valence-electron chi connectivity index (χ4n) is 2.27. The summed E-state index contributed by atoms with van der Waals surface area (Å²) in [5.74, 6) is -0.452. The van der Waals surface area contributed by atoms with Gasteiger partial charge in [0.25, 0.3) is 0 Å². The van der Waals surface area contributed by atoms with Gasteiger partial charge in [0, 0.05) is 17.6 Å². The third-order valence-corrected chi connectivity index (χ3v) is 3.63. The van der Waals surface area contributed by atoms with E-state index in [1.165, 1.54) is 0 Å². The van der Waals surface area contributed by atoms with Crippen molar-refractivity contribution in [3.05, 3.63) is 59.5 Å². The van der Waals surface area contributed by atoms with Gasteiger partial charge in [0.2, 0.25) is 5.91 Å². The zero-order valence-electron chi connectivity index (χ0n) is 12.2. The van der Waals surface area contributed by atoms with E-state index < -0.39 is 12.5 Å². The maximum Gasteiger partial charge on any atom is 0.250 e. The van der Waals surface area contributed by atoms with Crippen molar-refractivity contribution >= 4 is 34.5 Å². The molecular formula is C16H15ClN4O2. The first kappa shape index (κ1) is 15.3. The van der Waals surface area contributed by atoms with Crippen LogP contribution in [0.2, 0.25) is 5.15 Å². The Morgan fingerprint density at radius 3 is 2.87 bits per heavy atom. The van der Waals surface area contributed by atoms with Crippen molar-refractivity contribution in [1.82, 2.24) is 9.38 Å². The van der Waals surface area contributed by atoms with Crippen LogP contribution >= 0.6 is 11.6 Å². The lowest BCUT2D eigenvalue weighted by Crippen LogP contribution is -2.15. The molecule has 0 spiro atoms. The number of aromatic nitrogens is 2. The zero-order valence-corrected chi connectivity index (χ0v) is 12.9. The Kier molecular flexibility index (Phi) is 4.45. The van der Waals surface area contributed by atoms with Crippen molar-refractivity contribution in [2.24, 2.45) is 0 Å². The Bertz CT molecular complexity index is 847. The summed E-state index contributed by atoms with van der Waals surface area (Å²) in [7, 11) is 0. The summed E-state index contributed by atoms with van der Waals surface area (Å²) in [4.78, 5) is 15.5. The molecule has 1 aromatic carbocycles. The number of halogens is 1. The first-order valence-corrected chi connectivity index (χ1v) is 7.41. The standard InChI is InChI=1S/C16H15ClN4O2/c17-16-13(21-7-2-1-6-14(21)20-16)9-18-11-4-3-5-12(8-11)19-15(23)10-22/h1-8,18,22H,9-10H2,(H,19,23). The number of benzene rings is 1. The number of hydrogen-bond acceptors (Lipinski definition) is 4. The zero-order chi connectivity index (χ0) is 16.2. The van der Waals surface area contributed by atoms with Crippen LogP contribution in [0.3, 0.4) is 0 Å². The quantitative estimate of drug-likeness (QED) is 0.671. The number of fused-ring (bicyclic) bond motifs is 1. The number of anilines is 2. The first-order valence-electron chi connectivity index (χ1n) is 7.03. The van der Waals surface area contributed by atoms with Crippen molar-refractivity contribution in [3.63, 3.8) is 0 Å². The Labute approximate surface area is 137 Å². The van der Waals surface area contributed by atoms with Crippen molar-refractivity contribution in [2.75, 3.05) is 17.2 Å². The van der Waals surface area contributed by atoms with Crippen molar-refractivity contribution in [2.45, 2.75) is 6.54 Å². The van der Waals surface area contributed by atoms with E-state index in [-0.39, 0.29) is 0 Å². The van der Waals surface area contributed by atoms with Crippen LogP contribution in [0.1, 0.15) is 5.69 Å². The molecule has 0 unspecified atom stereocenters. The summed E-state index contributed by atoms with van der Waals surface area (Å²) in [6.45, 7) is -0.0590. The van der Waals surface area contributed by atoms with E-state index >= 15 is 0 Å². The van der Waals surface area contributed by atoms with Crippen LogP contribution in [-0.2, 0) is 11.3 Å². The smallest absolute Gasteiger partial charge is 0.250 e. The molecular weight excluding hydrogens is 316 g/mol. The largest absolute Gasteiger partial charge is 0.387 e. The number of amides is 1. The second kappa shape index (κ2) is 6.68. The molecule has 2 aromatic heterocycles. The molecule has 0 saturated heterocycles. The number of carbonyl (C=O) groups excluding carboxylic acids is 1. The molecule has 6 nitrogen and oxygen atoms in total. The van der Waals surface area contributed by atoms with Gasteiger partial charge in [-0.05, 0) is 30.3 Å². The van der Waals surface area contributed by atoms with Gasteiger partial charge >= 0.3 is 0 Å². The minimum atomic E-state index is -0.547. The fourth-order valence-corrected chi connectivity index (χ4v) is 2.51. The lowest BCUT2D eigenvalue weighted by molar-refractivity contribution is -0.118. The maximum atomic E-state index is 11.2. The van der Waals surface area contributed by atoms with Gasteiger partial charge in [0.15, 0.2) is 5.15 Å². The highest BCUT2D eigenvalue weighted by atomic mass is 35.5. The molecule has 7 heteroatoms. The topological polar surface area (TPSA) is 78.7 Å². The third-order valence-electron chi connectivity index (χ3n) is 3.33. The molecule has 0 radical (unpaired) electrons. The van der Waals surface area contributed by atoms with Crippen LogP contribution < -0.4 is 10.6 Å². The lowest BCUT2D eigenvalue weighted by atomic mass is 10.2. The molecule has 0 saturated carbocycles. The number of aliphatic hydroxyl groups is 1. The molecule has 0 aliphatic carbocycles. The molecule has 3 aromatic rings. The van der Waals surface area contributed by atoms with Gasteiger partial charge in [-0.3, -0.25) is 4.79 Å². The third kappa shape index (κ3) is 3.44. The number of carbonyl (C=O) groups is 1. The Balaban J connectivity index is 1.76. The summed E-state index contributed by atoms with van der Waals surface area (Å²) in [6, 6.07) is 12.9. The SMILES string of the molecule is O=C(CO)Nc1cccc(NCc2c(Cl)nc3ccccn23)c1. The number of pyridine rings is 1. The fraction of sp³-hybridized carbons (Fsp3) is 0.125. The average molecular weight is 331 g/mol. The number of nitrogens with zero attached hydrogens (tertiary/aromatic N) is 2. The van der Waals surface area contributed by atoms with E-state index in [0.717, 1.165) is 17.0 Å². The number of imidazole rings is 1. The van der Waals surface area contributed by atoms with Crippen LogP contribution in [0.15, 0.2) is 48.7 Å². The molecule has 0 bridgehead atoms. The number of rotatable bonds is 5. The number of hydrogen-bond donors (Lipinski definition) is 3. The second-order valence-electron chi connectivity index (χ2n) is 4.92. The predicted octanol–water partition coefficient (Wildman–Crippen LogP) is 2.53. The predicted molar refractivity (Wildman–Crippen MR) is 89.7 cm³/mol. The summed E-state index contributed by atoms with van der Waals surface area (Å²) in [5, 5.41) is 15.1. The van der Waals surface area contributed by atoms with Crippen molar-refractivity contribution < 1.29 is 9.90 Å².